The number of fused-ring (bicyclic) bond motifs is 1. The van der Waals surface area contributed by atoms with Crippen LogP contribution in [0.5, 0.6) is 0 Å². The summed E-state index contributed by atoms with van der Waals surface area (Å²) in [4.78, 5) is 48.8. The molecule has 2 saturated heterocycles. The van der Waals surface area contributed by atoms with E-state index >= 15 is 0 Å². The fourth-order valence-corrected chi connectivity index (χ4v) is 5.66. The Bertz CT molecular complexity index is 1590. The molecule has 2 aliphatic rings. The summed E-state index contributed by atoms with van der Waals surface area (Å²) in [5, 5.41) is 6.31. The number of carbonyl (C=O) groups is 1. The molecule has 2 aliphatic heterocycles. The molecule has 4 heterocycles. The SMILES string of the molecule is C[C@@H]1CN(c2ncc(Cl)c(Nc3ccc4c(c3)n(CCC(=O)NC3CCOCC3)c(=O)c(=O)n4C)n2)C[C@H](C)C1(F)F. The van der Waals surface area contributed by atoms with Crippen molar-refractivity contribution in [1.29, 1.82) is 0 Å². The highest BCUT2D eigenvalue weighted by Gasteiger charge is 2.47. The van der Waals surface area contributed by atoms with Gasteiger partial charge in [-0.05, 0) is 31.0 Å². The molecule has 0 radical (unpaired) electrons. The molecule has 226 valence electrons. The van der Waals surface area contributed by atoms with Gasteiger partial charge in [-0.25, -0.2) is 13.8 Å². The van der Waals surface area contributed by atoms with Crippen LogP contribution in [0.1, 0.15) is 33.1 Å². The Hall–Kier alpha value is -3.58. The second-order valence-electron chi connectivity index (χ2n) is 11.1. The number of rotatable bonds is 7. The molecule has 11 nitrogen and oxygen atoms in total. The zero-order chi connectivity index (χ0) is 30.2. The average molecular weight is 606 g/mol. The van der Waals surface area contributed by atoms with Crippen LogP contribution >= 0.6 is 11.6 Å². The Morgan fingerprint density at radius 1 is 1.12 bits per heavy atom. The van der Waals surface area contributed by atoms with Gasteiger partial charge in [0, 0.05) is 69.9 Å². The van der Waals surface area contributed by atoms with Crippen molar-refractivity contribution in [1.82, 2.24) is 24.4 Å². The molecule has 0 aliphatic carbocycles. The number of ether oxygens (including phenoxy) is 1. The van der Waals surface area contributed by atoms with E-state index in [1.54, 1.807) is 23.1 Å². The number of nitrogens with zero attached hydrogens (tertiary/aromatic N) is 5. The number of alkyl halides is 2. The third-order valence-electron chi connectivity index (χ3n) is 8.09. The molecular weight excluding hydrogens is 572 g/mol. The van der Waals surface area contributed by atoms with Crippen LogP contribution in [0.4, 0.5) is 26.2 Å². The molecule has 2 aromatic heterocycles. The maximum atomic E-state index is 14.4. The monoisotopic (exact) mass is 605 g/mol. The molecule has 0 saturated carbocycles. The molecule has 2 fully saturated rings. The van der Waals surface area contributed by atoms with Crippen LogP contribution in [0, 0.1) is 11.8 Å². The number of halogens is 3. The molecule has 0 bridgehead atoms. The highest BCUT2D eigenvalue weighted by Crippen LogP contribution is 2.39. The van der Waals surface area contributed by atoms with E-state index in [-0.39, 0.29) is 54.8 Å². The average Bonchev–Trinajstić information content (AvgIpc) is 2.96. The van der Waals surface area contributed by atoms with Gasteiger partial charge in [0.15, 0.2) is 5.82 Å². The minimum absolute atomic E-state index is 0.0122. The molecule has 14 heteroatoms. The number of hydrogen-bond acceptors (Lipinski definition) is 8. The summed E-state index contributed by atoms with van der Waals surface area (Å²) in [6.07, 6.45) is 2.88. The molecule has 0 spiro atoms. The molecular formula is C28H34ClF2N7O4. The number of benzene rings is 1. The minimum Gasteiger partial charge on any atom is -0.381 e. The first-order chi connectivity index (χ1) is 20.0. The van der Waals surface area contributed by atoms with Crippen LogP contribution in [-0.4, -0.2) is 63.3 Å². The lowest BCUT2D eigenvalue weighted by Crippen LogP contribution is -2.52. The van der Waals surface area contributed by atoms with Crippen LogP contribution in [0.25, 0.3) is 11.0 Å². The van der Waals surface area contributed by atoms with Crippen molar-refractivity contribution in [3.8, 4) is 0 Å². The van der Waals surface area contributed by atoms with Gasteiger partial charge in [-0.1, -0.05) is 25.4 Å². The number of nitrogens with one attached hydrogen (secondary N) is 2. The normalized spacial score (nSPS) is 21.0. The maximum absolute atomic E-state index is 14.4. The molecule has 2 atom stereocenters. The summed E-state index contributed by atoms with van der Waals surface area (Å²) in [5.74, 6) is -4.22. The lowest BCUT2D eigenvalue weighted by molar-refractivity contribution is -0.122. The Morgan fingerprint density at radius 3 is 2.50 bits per heavy atom. The van der Waals surface area contributed by atoms with Gasteiger partial charge in [0.1, 0.15) is 5.02 Å². The molecule has 42 heavy (non-hydrogen) atoms. The van der Waals surface area contributed by atoms with Gasteiger partial charge < -0.3 is 29.4 Å². The molecule has 3 aromatic rings. The Balaban J connectivity index is 1.40. The maximum Gasteiger partial charge on any atom is 0.316 e. The van der Waals surface area contributed by atoms with Crippen molar-refractivity contribution >= 4 is 46.0 Å². The predicted octanol–water partition coefficient (Wildman–Crippen LogP) is 3.30. The largest absolute Gasteiger partial charge is 0.381 e. The van der Waals surface area contributed by atoms with Gasteiger partial charge in [-0.3, -0.25) is 14.4 Å². The van der Waals surface area contributed by atoms with Crippen molar-refractivity contribution in [2.24, 2.45) is 18.9 Å². The number of amides is 1. The fourth-order valence-electron chi connectivity index (χ4n) is 5.52. The lowest BCUT2D eigenvalue weighted by Gasteiger charge is -2.41. The van der Waals surface area contributed by atoms with Gasteiger partial charge in [0.05, 0.1) is 17.2 Å². The number of piperidine rings is 1. The summed E-state index contributed by atoms with van der Waals surface area (Å²) >= 11 is 6.39. The van der Waals surface area contributed by atoms with Gasteiger partial charge in [0.25, 0.3) is 5.92 Å². The van der Waals surface area contributed by atoms with Gasteiger partial charge in [-0.2, -0.15) is 4.98 Å². The molecule has 0 unspecified atom stereocenters. The van der Waals surface area contributed by atoms with Gasteiger partial charge in [0.2, 0.25) is 11.9 Å². The van der Waals surface area contributed by atoms with E-state index in [0.717, 1.165) is 12.8 Å². The topological polar surface area (TPSA) is 123 Å². The number of aryl methyl sites for hydroxylation is 2. The number of anilines is 3. The number of hydrogen-bond donors (Lipinski definition) is 2. The summed E-state index contributed by atoms with van der Waals surface area (Å²) in [6.45, 7) is 4.39. The molecule has 2 N–H and O–H groups in total. The van der Waals surface area contributed by atoms with E-state index in [2.05, 4.69) is 20.6 Å². The smallest absolute Gasteiger partial charge is 0.316 e. The van der Waals surface area contributed by atoms with E-state index in [9.17, 15) is 23.2 Å². The zero-order valence-corrected chi connectivity index (χ0v) is 24.5. The van der Waals surface area contributed by atoms with Crippen LogP contribution in [0.3, 0.4) is 0 Å². The van der Waals surface area contributed by atoms with Crippen molar-refractivity contribution in [2.45, 2.75) is 51.6 Å². The van der Waals surface area contributed by atoms with Crippen molar-refractivity contribution in [2.75, 3.05) is 36.5 Å². The summed E-state index contributed by atoms with van der Waals surface area (Å²) in [7, 11) is 1.51. The molecule has 1 aromatic carbocycles. The molecule has 5 rings (SSSR count). The van der Waals surface area contributed by atoms with Crippen LogP contribution < -0.4 is 26.7 Å². The minimum atomic E-state index is -2.78. The predicted molar refractivity (Wildman–Crippen MR) is 156 cm³/mol. The van der Waals surface area contributed by atoms with Gasteiger partial charge >= 0.3 is 11.1 Å². The summed E-state index contributed by atoms with van der Waals surface area (Å²) in [5.41, 5.74) is 0.0130. The first-order valence-corrected chi connectivity index (χ1v) is 14.4. The van der Waals surface area contributed by atoms with E-state index in [0.29, 0.717) is 29.9 Å². The van der Waals surface area contributed by atoms with Crippen LogP contribution in [0.15, 0.2) is 34.0 Å². The lowest BCUT2D eigenvalue weighted by atomic mass is 9.87. The van der Waals surface area contributed by atoms with Gasteiger partial charge in [-0.15, -0.1) is 0 Å². The molecule has 1 amide bonds. The number of aromatic nitrogens is 4. The zero-order valence-electron chi connectivity index (χ0n) is 23.7. The first kappa shape index (κ1) is 29.9. The summed E-state index contributed by atoms with van der Waals surface area (Å²) < 4.78 is 36.7. The van der Waals surface area contributed by atoms with Crippen molar-refractivity contribution in [3.63, 3.8) is 0 Å². The van der Waals surface area contributed by atoms with E-state index in [1.165, 1.54) is 36.2 Å². The summed E-state index contributed by atoms with van der Waals surface area (Å²) in [6, 6.07) is 5.09. The van der Waals surface area contributed by atoms with Crippen molar-refractivity contribution < 1.29 is 18.3 Å². The first-order valence-electron chi connectivity index (χ1n) is 14.0. The van der Waals surface area contributed by atoms with E-state index < -0.39 is 28.9 Å². The number of carbonyl (C=O) groups excluding carboxylic acids is 1. The van der Waals surface area contributed by atoms with Crippen LogP contribution in [0.2, 0.25) is 5.02 Å². The Kier molecular flexibility index (Phi) is 8.51. The van der Waals surface area contributed by atoms with Crippen LogP contribution in [-0.2, 0) is 23.1 Å². The quantitative estimate of drug-likeness (QED) is 0.393. The van der Waals surface area contributed by atoms with E-state index in [4.69, 9.17) is 16.3 Å². The standard InChI is InChI=1S/C28H34ClF2N7O4/c1-16-14-37(15-17(2)28(16,30)31)27-32-13-20(29)24(35-27)34-19-4-5-21-22(12-19)38(26(41)25(40)36(21)3)9-6-23(39)33-18-7-10-42-11-8-18/h4-5,12-13,16-18H,6-11,14-15H2,1-3H3,(H,33,39)(H,32,34,35)/t16-,17+. The Labute approximate surface area is 245 Å². The highest BCUT2D eigenvalue weighted by molar-refractivity contribution is 6.32. The second kappa shape index (κ2) is 12.0. The second-order valence-corrected chi connectivity index (χ2v) is 11.5. The Morgan fingerprint density at radius 2 is 1.81 bits per heavy atom. The highest BCUT2D eigenvalue weighted by atomic mass is 35.5. The van der Waals surface area contributed by atoms with E-state index in [1.807, 2.05) is 0 Å². The van der Waals surface area contributed by atoms with Crippen molar-refractivity contribution in [3.05, 3.63) is 50.1 Å². The fraction of sp³-hybridized carbons (Fsp3) is 0.536. The third kappa shape index (κ3) is 5.98. The third-order valence-corrected chi connectivity index (χ3v) is 8.37.